The zero-order chi connectivity index (χ0) is 17.9. The number of anilines is 1. The van der Waals surface area contributed by atoms with Gasteiger partial charge in [0.2, 0.25) is 0 Å². The number of nitrogens with two attached hydrogens (primary N) is 1. The predicted molar refractivity (Wildman–Crippen MR) is 99.8 cm³/mol. The van der Waals surface area contributed by atoms with Crippen molar-refractivity contribution in [3.05, 3.63) is 54.4 Å². The van der Waals surface area contributed by atoms with Gasteiger partial charge in [0.1, 0.15) is 17.4 Å². The minimum Gasteiger partial charge on any atom is -0.496 e. The van der Waals surface area contributed by atoms with Crippen molar-refractivity contribution in [2.45, 2.75) is 11.0 Å². The van der Waals surface area contributed by atoms with Gasteiger partial charge in [0.05, 0.1) is 23.9 Å². The molecule has 26 heavy (non-hydrogen) atoms. The van der Waals surface area contributed by atoms with E-state index in [1.165, 1.54) is 11.8 Å². The number of ether oxygens (including phenoxy) is 1. The second-order valence-corrected chi connectivity index (χ2v) is 6.33. The molecule has 0 bridgehead atoms. The normalized spacial score (nSPS) is 11.0. The number of thioether (sulfide) groups is 1. The summed E-state index contributed by atoms with van der Waals surface area (Å²) < 4.78 is 11.0. The topological polar surface area (TPSA) is 100.0 Å². The second kappa shape index (κ2) is 7.01. The summed E-state index contributed by atoms with van der Waals surface area (Å²) in [4.78, 5) is 8.87. The molecule has 0 saturated carbocycles. The highest BCUT2D eigenvalue weighted by molar-refractivity contribution is 7.98. The number of nitrogen functional groups attached to an aromatic ring is 1. The van der Waals surface area contributed by atoms with E-state index < -0.39 is 0 Å². The lowest BCUT2D eigenvalue weighted by Gasteiger charge is -2.04. The molecule has 4 aromatic rings. The fourth-order valence-corrected chi connectivity index (χ4v) is 3.16. The van der Waals surface area contributed by atoms with E-state index in [2.05, 4.69) is 20.2 Å². The molecule has 2 aromatic carbocycles. The number of hydrogen-bond acceptors (Lipinski definition) is 8. The highest BCUT2D eigenvalue weighted by atomic mass is 32.2. The Balaban J connectivity index is 1.53. The molecule has 0 atom stereocenters. The molecule has 0 saturated heterocycles. The maximum atomic E-state index is 6.01. The van der Waals surface area contributed by atoms with Crippen LogP contribution in [0.15, 0.2) is 58.2 Å². The quantitative estimate of drug-likeness (QED) is 0.536. The molecule has 8 heteroatoms. The third-order valence-electron chi connectivity index (χ3n) is 3.75. The highest BCUT2D eigenvalue weighted by Crippen LogP contribution is 2.31. The number of methoxy groups -OCH3 is 1. The number of fused-ring (bicyclic) bond motifs is 1. The molecule has 2 aromatic heterocycles. The van der Waals surface area contributed by atoms with Gasteiger partial charge in [-0.25, -0.2) is 9.97 Å². The van der Waals surface area contributed by atoms with Crippen molar-refractivity contribution in [2.75, 3.05) is 12.8 Å². The van der Waals surface area contributed by atoms with Crippen LogP contribution in [0.4, 0.5) is 5.82 Å². The van der Waals surface area contributed by atoms with Crippen molar-refractivity contribution >= 4 is 28.5 Å². The van der Waals surface area contributed by atoms with Crippen LogP contribution in [0.2, 0.25) is 0 Å². The fourth-order valence-electron chi connectivity index (χ4n) is 2.54. The minimum absolute atomic E-state index is 0.406. The van der Waals surface area contributed by atoms with Crippen LogP contribution in [0.1, 0.15) is 5.82 Å². The molecule has 4 rings (SSSR count). The van der Waals surface area contributed by atoms with Crippen LogP contribution in [0, 0.1) is 0 Å². The van der Waals surface area contributed by atoms with E-state index in [9.17, 15) is 0 Å². The summed E-state index contributed by atoms with van der Waals surface area (Å²) in [7, 11) is 1.60. The van der Waals surface area contributed by atoms with Gasteiger partial charge in [-0.1, -0.05) is 36.0 Å². The third kappa shape index (κ3) is 3.18. The van der Waals surface area contributed by atoms with Crippen LogP contribution in [-0.2, 0) is 5.75 Å². The molecule has 0 aliphatic rings. The van der Waals surface area contributed by atoms with Crippen LogP contribution in [-0.4, -0.2) is 27.3 Å². The van der Waals surface area contributed by atoms with Gasteiger partial charge in [0.25, 0.3) is 11.1 Å². The summed E-state index contributed by atoms with van der Waals surface area (Å²) >= 11 is 1.36. The number of aromatic nitrogens is 4. The maximum absolute atomic E-state index is 6.01. The van der Waals surface area contributed by atoms with Crippen LogP contribution >= 0.6 is 11.8 Å². The van der Waals surface area contributed by atoms with Gasteiger partial charge in [0, 0.05) is 5.39 Å². The SMILES string of the molecule is COc1ccccc1-c1nnc(SCc2nc(N)c3ccccc3n2)o1. The molecule has 2 N–H and O–H groups in total. The van der Waals surface area contributed by atoms with E-state index in [-0.39, 0.29) is 0 Å². The van der Waals surface area contributed by atoms with E-state index in [0.717, 1.165) is 16.5 Å². The molecule has 7 nitrogen and oxygen atoms in total. The number of rotatable bonds is 5. The van der Waals surface area contributed by atoms with Gasteiger partial charge in [-0.3, -0.25) is 0 Å². The first-order chi connectivity index (χ1) is 12.7. The Morgan fingerprint density at radius 2 is 1.85 bits per heavy atom. The van der Waals surface area contributed by atoms with E-state index in [4.69, 9.17) is 14.9 Å². The van der Waals surface area contributed by atoms with Gasteiger partial charge in [-0.2, -0.15) is 0 Å². The number of hydrogen-bond donors (Lipinski definition) is 1. The van der Waals surface area contributed by atoms with E-state index in [1.54, 1.807) is 7.11 Å². The predicted octanol–water partition coefficient (Wildman–Crippen LogP) is 3.56. The van der Waals surface area contributed by atoms with E-state index in [1.807, 2.05) is 48.5 Å². The molecule has 2 heterocycles. The van der Waals surface area contributed by atoms with Gasteiger partial charge in [0.15, 0.2) is 0 Å². The Bertz CT molecular complexity index is 1070. The molecule has 0 aliphatic heterocycles. The largest absolute Gasteiger partial charge is 0.496 e. The summed E-state index contributed by atoms with van der Waals surface area (Å²) in [6.07, 6.45) is 0. The van der Waals surface area contributed by atoms with Crippen LogP contribution in [0.3, 0.4) is 0 Å². The lowest BCUT2D eigenvalue weighted by atomic mass is 10.2. The van der Waals surface area contributed by atoms with Crippen molar-refractivity contribution in [1.29, 1.82) is 0 Å². The minimum atomic E-state index is 0.406. The lowest BCUT2D eigenvalue weighted by molar-refractivity contribution is 0.411. The summed E-state index contributed by atoms with van der Waals surface area (Å²) in [6, 6.07) is 15.1. The van der Waals surface area contributed by atoms with Crippen molar-refractivity contribution < 1.29 is 9.15 Å². The number of benzene rings is 2. The summed E-state index contributed by atoms with van der Waals surface area (Å²) in [5.74, 6) is 2.64. The average molecular weight is 365 g/mol. The number of para-hydroxylation sites is 2. The van der Waals surface area contributed by atoms with Crippen molar-refractivity contribution in [1.82, 2.24) is 20.2 Å². The standard InChI is InChI=1S/C18H15N5O2S/c1-24-14-9-5-3-7-12(14)17-22-23-18(25-17)26-10-15-20-13-8-4-2-6-11(13)16(19)21-15/h2-9H,10H2,1H3,(H2,19,20,21). The van der Waals surface area contributed by atoms with E-state index >= 15 is 0 Å². The monoisotopic (exact) mass is 365 g/mol. The Morgan fingerprint density at radius 3 is 2.73 bits per heavy atom. The number of nitrogens with zero attached hydrogens (tertiary/aromatic N) is 4. The third-order valence-corrected chi connectivity index (χ3v) is 4.56. The Labute approximate surface area is 153 Å². The zero-order valence-electron chi connectivity index (χ0n) is 13.9. The first kappa shape index (κ1) is 16.3. The average Bonchev–Trinajstić information content (AvgIpc) is 3.15. The smallest absolute Gasteiger partial charge is 0.277 e. The van der Waals surface area contributed by atoms with Gasteiger partial charge in [-0.05, 0) is 24.3 Å². The molecular weight excluding hydrogens is 350 g/mol. The van der Waals surface area contributed by atoms with Crippen LogP contribution < -0.4 is 10.5 Å². The molecule has 0 unspecified atom stereocenters. The highest BCUT2D eigenvalue weighted by Gasteiger charge is 2.14. The van der Waals surface area contributed by atoms with Gasteiger partial charge >= 0.3 is 0 Å². The first-order valence-corrected chi connectivity index (χ1v) is 8.84. The maximum Gasteiger partial charge on any atom is 0.277 e. The van der Waals surface area contributed by atoms with Crippen LogP contribution in [0.5, 0.6) is 5.75 Å². The first-order valence-electron chi connectivity index (χ1n) is 7.85. The molecule has 0 spiro atoms. The van der Waals surface area contributed by atoms with Crippen LogP contribution in [0.25, 0.3) is 22.4 Å². The van der Waals surface area contributed by atoms with Gasteiger partial charge in [-0.15, -0.1) is 10.2 Å². The van der Waals surface area contributed by atoms with Crippen molar-refractivity contribution in [3.8, 4) is 17.2 Å². The van der Waals surface area contributed by atoms with Crippen molar-refractivity contribution in [2.24, 2.45) is 0 Å². The second-order valence-electron chi connectivity index (χ2n) is 5.40. The Hall–Kier alpha value is -3.13. The summed E-state index contributed by atoms with van der Waals surface area (Å²) in [5.41, 5.74) is 7.58. The molecule has 130 valence electrons. The van der Waals surface area contributed by atoms with Crippen molar-refractivity contribution in [3.63, 3.8) is 0 Å². The summed E-state index contributed by atoms with van der Waals surface area (Å²) in [6.45, 7) is 0. The van der Waals surface area contributed by atoms with E-state index in [0.29, 0.717) is 34.3 Å². The molecular formula is C18H15N5O2S. The fraction of sp³-hybridized carbons (Fsp3) is 0.111. The Morgan fingerprint density at radius 1 is 1.04 bits per heavy atom. The zero-order valence-corrected chi connectivity index (χ0v) is 14.7. The Kier molecular flexibility index (Phi) is 4.40. The summed E-state index contributed by atoms with van der Waals surface area (Å²) in [5, 5.41) is 9.44. The molecule has 0 aliphatic carbocycles. The lowest BCUT2D eigenvalue weighted by Crippen LogP contribution is -1.99. The molecule has 0 radical (unpaired) electrons. The molecule has 0 fully saturated rings. The van der Waals surface area contributed by atoms with Gasteiger partial charge < -0.3 is 14.9 Å². The molecule has 0 amide bonds.